The summed E-state index contributed by atoms with van der Waals surface area (Å²) in [7, 11) is 0. The molecule has 5 nitrogen and oxygen atoms in total. The molecule has 0 saturated heterocycles. The summed E-state index contributed by atoms with van der Waals surface area (Å²) in [6, 6.07) is 8.03. The number of hydrogen-bond donors (Lipinski definition) is 2. The summed E-state index contributed by atoms with van der Waals surface area (Å²) < 4.78 is 1.83. The Labute approximate surface area is 171 Å². The van der Waals surface area contributed by atoms with Crippen molar-refractivity contribution in [2.45, 2.75) is 39.3 Å². The fourth-order valence-electron chi connectivity index (χ4n) is 2.58. The van der Waals surface area contributed by atoms with Crippen molar-refractivity contribution < 1.29 is 6.53 Å². The zero-order valence-electron chi connectivity index (χ0n) is 16.5. The molecule has 0 aromatic carbocycles. The molecule has 28 heavy (non-hydrogen) atoms. The summed E-state index contributed by atoms with van der Waals surface area (Å²) >= 11 is 1.72. The molecule has 0 atom stereocenters. The van der Waals surface area contributed by atoms with E-state index in [0.717, 1.165) is 35.7 Å². The third-order valence-electron chi connectivity index (χ3n) is 4.00. The van der Waals surface area contributed by atoms with Crippen molar-refractivity contribution in [1.82, 2.24) is 14.6 Å². The summed E-state index contributed by atoms with van der Waals surface area (Å²) in [6.07, 6.45) is 12.6. The highest BCUT2D eigenvalue weighted by Crippen LogP contribution is 2.20. The number of nitrogens with zero attached hydrogens (tertiary/aromatic N) is 3. The van der Waals surface area contributed by atoms with Gasteiger partial charge < -0.3 is 10.4 Å². The van der Waals surface area contributed by atoms with E-state index in [1.807, 2.05) is 47.1 Å². The lowest BCUT2D eigenvalue weighted by Gasteiger charge is -2.11. The van der Waals surface area contributed by atoms with Crippen LogP contribution in [0.15, 0.2) is 66.2 Å². The Hall–Kier alpha value is -2.70. The number of fused-ring (bicyclic) bond motifs is 1. The molecule has 0 amide bonds. The molecule has 3 heterocycles. The van der Waals surface area contributed by atoms with Gasteiger partial charge in [-0.25, -0.2) is 9.50 Å². The second-order valence-corrected chi connectivity index (χ2v) is 8.04. The largest absolute Gasteiger partial charge is 0.386 e. The summed E-state index contributed by atoms with van der Waals surface area (Å²) in [6.45, 7) is 6.34. The Kier molecular flexibility index (Phi) is 6.44. The Balaban J connectivity index is 0.00000300. The van der Waals surface area contributed by atoms with E-state index in [0.29, 0.717) is 0 Å². The van der Waals surface area contributed by atoms with Crippen LogP contribution >= 0.6 is 11.3 Å². The van der Waals surface area contributed by atoms with E-state index in [9.17, 15) is 5.11 Å². The van der Waals surface area contributed by atoms with Gasteiger partial charge in [-0.2, -0.15) is 0 Å². The molecule has 3 aromatic heterocycles. The highest BCUT2D eigenvalue weighted by molar-refractivity contribution is 7.09. The molecule has 0 aliphatic heterocycles. The molecule has 0 spiro atoms. The zero-order valence-corrected chi connectivity index (χ0v) is 17.3. The summed E-state index contributed by atoms with van der Waals surface area (Å²) in [5.74, 6) is 0.787. The molecular formula is C22H28N4OS. The van der Waals surface area contributed by atoms with Crippen molar-refractivity contribution >= 4 is 28.4 Å². The average Bonchev–Trinajstić information content (AvgIpc) is 3.31. The third-order valence-corrected chi connectivity index (χ3v) is 4.88. The van der Waals surface area contributed by atoms with Gasteiger partial charge in [0.2, 0.25) is 0 Å². The standard InChI is InChI=1S/C22H26N4OS.H2/c1-4-5-6-8-17(12-13-22(2,3)27)19-16-24-21-11-10-20(25-26(19)21)23-15-18-9-7-14-28-18;/h5-14,16,27H,4,15H2,1-3H3,(H,23,25);1H/b6-5-,13-12+,17-8+;. The lowest BCUT2D eigenvalue weighted by Crippen LogP contribution is -2.13. The maximum Gasteiger partial charge on any atom is 0.154 e. The lowest BCUT2D eigenvalue weighted by atomic mass is 10.1. The van der Waals surface area contributed by atoms with Gasteiger partial charge in [0, 0.05) is 11.9 Å². The predicted octanol–water partition coefficient (Wildman–Crippen LogP) is 5.33. The van der Waals surface area contributed by atoms with E-state index >= 15 is 0 Å². The molecule has 0 unspecified atom stereocenters. The average molecular weight is 397 g/mol. The number of allylic oxidation sites excluding steroid dienone is 5. The van der Waals surface area contributed by atoms with Gasteiger partial charge in [0.05, 0.1) is 24.0 Å². The van der Waals surface area contributed by atoms with Crippen molar-refractivity contribution in [3.8, 4) is 0 Å². The number of hydrogen-bond acceptors (Lipinski definition) is 5. The maximum absolute atomic E-state index is 10.1. The van der Waals surface area contributed by atoms with Crippen molar-refractivity contribution in [2.24, 2.45) is 0 Å². The molecular weight excluding hydrogens is 368 g/mol. The molecule has 3 aromatic rings. The first-order valence-corrected chi connectivity index (χ1v) is 10.2. The molecule has 3 rings (SSSR count). The quantitative estimate of drug-likeness (QED) is 0.506. The number of aromatic nitrogens is 3. The van der Waals surface area contributed by atoms with Crippen LogP contribution in [0.2, 0.25) is 0 Å². The van der Waals surface area contributed by atoms with Crippen molar-refractivity contribution in [1.29, 1.82) is 0 Å². The molecule has 0 aliphatic rings. The van der Waals surface area contributed by atoms with Gasteiger partial charge in [0.15, 0.2) is 5.65 Å². The fourth-order valence-corrected chi connectivity index (χ4v) is 3.23. The van der Waals surface area contributed by atoms with Gasteiger partial charge in [-0.15, -0.1) is 16.4 Å². The van der Waals surface area contributed by atoms with E-state index in [-0.39, 0.29) is 1.43 Å². The van der Waals surface area contributed by atoms with Crippen LogP contribution in [0.3, 0.4) is 0 Å². The van der Waals surface area contributed by atoms with E-state index in [4.69, 9.17) is 5.10 Å². The molecule has 0 aliphatic carbocycles. The Morgan fingerprint density at radius 2 is 2.21 bits per heavy atom. The summed E-state index contributed by atoms with van der Waals surface area (Å²) in [4.78, 5) is 5.73. The number of imidazole rings is 1. The van der Waals surface area contributed by atoms with E-state index in [1.54, 1.807) is 31.3 Å². The second kappa shape index (κ2) is 8.99. The van der Waals surface area contributed by atoms with Crippen molar-refractivity contribution in [3.05, 3.63) is 76.8 Å². The van der Waals surface area contributed by atoms with Crippen molar-refractivity contribution in [2.75, 3.05) is 5.32 Å². The number of nitrogens with one attached hydrogen (secondary N) is 1. The molecule has 6 heteroatoms. The highest BCUT2D eigenvalue weighted by atomic mass is 32.1. The predicted molar refractivity (Wildman–Crippen MR) is 120 cm³/mol. The number of thiophene rings is 1. The third kappa shape index (κ3) is 5.41. The van der Waals surface area contributed by atoms with E-state index in [2.05, 4.69) is 34.7 Å². The number of rotatable bonds is 8. The van der Waals surface area contributed by atoms with E-state index < -0.39 is 5.60 Å². The van der Waals surface area contributed by atoms with Crippen LogP contribution in [0.5, 0.6) is 0 Å². The molecule has 148 valence electrons. The van der Waals surface area contributed by atoms with Crippen LogP contribution in [0.4, 0.5) is 5.82 Å². The van der Waals surface area contributed by atoms with Crippen LogP contribution in [-0.4, -0.2) is 25.3 Å². The van der Waals surface area contributed by atoms with Crippen LogP contribution in [0, 0.1) is 0 Å². The Morgan fingerprint density at radius 1 is 1.36 bits per heavy atom. The topological polar surface area (TPSA) is 62.5 Å². The lowest BCUT2D eigenvalue weighted by molar-refractivity contribution is 0.133. The second-order valence-electron chi connectivity index (χ2n) is 7.01. The first-order chi connectivity index (χ1) is 13.5. The van der Waals surface area contributed by atoms with Crippen LogP contribution < -0.4 is 5.32 Å². The Morgan fingerprint density at radius 3 is 2.93 bits per heavy atom. The molecule has 0 bridgehead atoms. The Bertz CT molecular complexity index is 998. The molecule has 0 saturated carbocycles. The smallest absolute Gasteiger partial charge is 0.154 e. The van der Waals surface area contributed by atoms with Gasteiger partial charge in [0.1, 0.15) is 5.82 Å². The monoisotopic (exact) mass is 396 g/mol. The highest BCUT2D eigenvalue weighted by Gasteiger charge is 2.11. The molecule has 0 fully saturated rings. The van der Waals surface area contributed by atoms with Gasteiger partial charge in [-0.05, 0) is 43.8 Å². The minimum absolute atomic E-state index is 0. The normalized spacial score (nSPS) is 13.2. The first-order valence-electron chi connectivity index (χ1n) is 9.36. The first kappa shape index (κ1) is 20.0. The van der Waals surface area contributed by atoms with Crippen molar-refractivity contribution in [3.63, 3.8) is 0 Å². The zero-order chi connectivity index (χ0) is 20.0. The summed E-state index contributed by atoms with van der Waals surface area (Å²) in [5.41, 5.74) is 1.69. The molecule has 0 radical (unpaired) electrons. The van der Waals surface area contributed by atoms with Gasteiger partial charge in [-0.3, -0.25) is 0 Å². The number of aliphatic hydroxyl groups is 1. The van der Waals surface area contributed by atoms with E-state index in [1.165, 1.54) is 4.88 Å². The minimum Gasteiger partial charge on any atom is -0.386 e. The van der Waals surface area contributed by atoms with Gasteiger partial charge in [-0.1, -0.05) is 43.4 Å². The minimum atomic E-state index is -0.894. The fraction of sp³-hybridized carbons (Fsp3) is 0.273. The van der Waals surface area contributed by atoms with Crippen LogP contribution in [0.25, 0.3) is 11.2 Å². The van der Waals surface area contributed by atoms with Gasteiger partial charge >= 0.3 is 0 Å². The maximum atomic E-state index is 10.1. The summed E-state index contributed by atoms with van der Waals surface area (Å²) in [5, 5.41) is 20.2. The molecule has 2 N–H and O–H groups in total. The SMILES string of the molecule is CC\C=C/C=C(\C=C\C(C)(C)O)c1cnc2ccc(NCc3cccs3)nn12.[HH]. The van der Waals surface area contributed by atoms with Gasteiger partial charge in [0.25, 0.3) is 0 Å². The number of anilines is 1. The van der Waals surface area contributed by atoms with Crippen LogP contribution in [-0.2, 0) is 6.54 Å². The van der Waals surface area contributed by atoms with Crippen LogP contribution in [0.1, 0.15) is 39.2 Å².